The Labute approximate surface area is 123 Å². The van der Waals surface area contributed by atoms with E-state index in [-0.39, 0.29) is 18.4 Å². The third-order valence-corrected chi connectivity index (χ3v) is 2.70. The first-order valence-electron chi connectivity index (χ1n) is 6.01. The third kappa shape index (κ3) is 4.92. The van der Waals surface area contributed by atoms with Crippen LogP contribution >= 0.6 is 0 Å². The molecule has 0 aromatic heterocycles. The average Bonchev–Trinajstić information content (AvgIpc) is 2.43. The molecular formula is C13H13F3O6. The number of aliphatic hydroxyl groups excluding tert-OH is 1. The smallest absolute Gasteiger partial charge is 0.479 e. The van der Waals surface area contributed by atoms with E-state index in [0.29, 0.717) is 0 Å². The van der Waals surface area contributed by atoms with Crippen molar-refractivity contribution in [1.29, 1.82) is 0 Å². The highest BCUT2D eigenvalue weighted by molar-refractivity contribution is 5.75. The van der Waals surface area contributed by atoms with Crippen LogP contribution in [0.5, 0.6) is 5.75 Å². The van der Waals surface area contributed by atoms with Gasteiger partial charge in [0.05, 0.1) is 7.11 Å². The predicted molar refractivity (Wildman–Crippen MR) is 66.1 cm³/mol. The molecule has 0 heterocycles. The number of ether oxygens (including phenoxy) is 2. The molecule has 122 valence electrons. The number of para-hydroxylation sites is 1. The molecule has 1 rings (SSSR count). The van der Waals surface area contributed by atoms with E-state index in [9.17, 15) is 27.9 Å². The van der Waals surface area contributed by atoms with Crippen molar-refractivity contribution in [3.63, 3.8) is 0 Å². The van der Waals surface area contributed by atoms with Gasteiger partial charge in [0.15, 0.2) is 6.10 Å². The van der Waals surface area contributed by atoms with Crippen molar-refractivity contribution in [3.05, 3.63) is 29.3 Å². The summed E-state index contributed by atoms with van der Waals surface area (Å²) in [6.45, 7) is 0. The van der Waals surface area contributed by atoms with Crippen molar-refractivity contribution in [2.24, 2.45) is 0 Å². The number of carboxylic acid groups (broad SMARTS) is 1. The number of hydrogen-bond acceptors (Lipinski definition) is 5. The van der Waals surface area contributed by atoms with Gasteiger partial charge < -0.3 is 19.7 Å². The number of benzene rings is 1. The van der Waals surface area contributed by atoms with Crippen molar-refractivity contribution in [2.45, 2.75) is 25.3 Å². The molecule has 0 spiro atoms. The second-order valence-electron chi connectivity index (χ2n) is 4.20. The van der Waals surface area contributed by atoms with Crippen LogP contribution in [0.3, 0.4) is 0 Å². The molecule has 0 aliphatic rings. The second-order valence-corrected chi connectivity index (χ2v) is 4.20. The molecule has 9 heteroatoms. The van der Waals surface area contributed by atoms with Crippen molar-refractivity contribution in [3.8, 4) is 5.75 Å². The number of aliphatic carboxylic acids is 1. The fourth-order valence-corrected chi connectivity index (χ4v) is 1.73. The molecule has 0 amide bonds. The zero-order valence-corrected chi connectivity index (χ0v) is 11.4. The van der Waals surface area contributed by atoms with Gasteiger partial charge in [0.25, 0.3) is 0 Å². The van der Waals surface area contributed by atoms with E-state index in [4.69, 9.17) is 5.11 Å². The number of rotatable bonds is 6. The Morgan fingerprint density at radius 1 is 1.32 bits per heavy atom. The highest BCUT2D eigenvalue weighted by Crippen LogP contribution is 2.34. The summed E-state index contributed by atoms with van der Waals surface area (Å²) in [5, 5.41) is 18.2. The van der Waals surface area contributed by atoms with Crippen LogP contribution in [0, 0.1) is 0 Å². The number of carboxylic acids is 1. The highest BCUT2D eigenvalue weighted by Gasteiger charge is 2.35. The summed E-state index contributed by atoms with van der Waals surface area (Å²) < 4.78 is 45.7. The van der Waals surface area contributed by atoms with E-state index in [2.05, 4.69) is 9.47 Å². The number of aryl methyl sites for hydroxylation is 1. The van der Waals surface area contributed by atoms with Gasteiger partial charge in [-0.2, -0.15) is 0 Å². The number of esters is 1. The van der Waals surface area contributed by atoms with E-state index in [1.54, 1.807) is 0 Å². The molecule has 0 saturated carbocycles. The maximum absolute atomic E-state index is 12.5. The molecule has 6 nitrogen and oxygen atoms in total. The van der Waals surface area contributed by atoms with Gasteiger partial charge in [-0.1, -0.05) is 18.2 Å². The van der Waals surface area contributed by atoms with E-state index >= 15 is 0 Å². The largest absolute Gasteiger partial charge is 0.573 e. The summed E-state index contributed by atoms with van der Waals surface area (Å²) in [4.78, 5) is 21.9. The van der Waals surface area contributed by atoms with Crippen LogP contribution in [0.2, 0.25) is 0 Å². The quantitative estimate of drug-likeness (QED) is 0.776. The fraction of sp³-hybridized carbons (Fsp3) is 0.385. The standard InChI is InChI=1S/C13H13F3O6/c1-21-9(17)6-5-7-3-2-4-8(10(18)12(19)20)11(7)22-13(14,15)16/h2-4,10,18H,5-6H2,1H3,(H,19,20). The van der Waals surface area contributed by atoms with Gasteiger partial charge in [-0.05, 0) is 12.0 Å². The first-order chi connectivity index (χ1) is 10.2. The lowest BCUT2D eigenvalue weighted by Gasteiger charge is -2.18. The Bertz CT molecular complexity index is 555. The second kappa shape index (κ2) is 7.12. The van der Waals surface area contributed by atoms with E-state index in [1.165, 1.54) is 12.1 Å². The number of alkyl halides is 3. The minimum atomic E-state index is -5.08. The van der Waals surface area contributed by atoms with Crippen molar-refractivity contribution in [1.82, 2.24) is 0 Å². The Morgan fingerprint density at radius 2 is 1.95 bits per heavy atom. The molecule has 1 atom stereocenters. The van der Waals surface area contributed by atoms with Crippen LogP contribution in [0.4, 0.5) is 13.2 Å². The molecule has 2 N–H and O–H groups in total. The van der Waals surface area contributed by atoms with Gasteiger partial charge in [0.1, 0.15) is 5.75 Å². The number of carbonyl (C=O) groups is 2. The van der Waals surface area contributed by atoms with Crippen molar-refractivity contribution < 1.29 is 42.4 Å². The molecule has 1 aromatic rings. The molecular weight excluding hydrogens is 309 g/mol. The van der Waals surface area contributed by atoms with Gasteiger partial charge in [0, 0.05) is 12.0 Å². The van der Waals surface area contributed by atoms with Gasteiger partial charge in [-0.25, -0.2) is 4.79 Å². The fourth-order valence-electron chi connectivity index (χ4n) is 1.73. The summed E-state index contributed by atoms with van der Waals surface area (Å²) in [6, 6.07) is 3.50. The average molecular weight is 322 g/mol. The van der Waals surface area contributed by atoms with Crippen molar-refractivity contribution in [2.75, 3.05) is 7.11 Å². The van der Waals surface area contributed by atoms with Crippen LogP contribution in [0.25, 0.3) is 0 Å². The molecule has 0 bridgehead atoms. The van der Waals surface area contributed by atoms with Gasteiger partial charge in [-0.3, -0.25) is 4.79 Å². The lowest BCUT2D eigenvalue weighted by molar-refractivity contribution is -0.275. The normalized spacial score (nSPS) is 12.6. The summed E-state index contributed by atoms with van der Waals surface area (Å²) in [5.41, 5.74) is -0.618. The Kier molecular flexibility index (Phi) is 5.75. The molecule has 1 unspecified atom stereocenters. The molecule has 22 heavy (non-hydrogen) atoms. The number of halogens is 3. The highest BCUT2D eigenvalue weighted by atomic mass is 19.4. The summed E-state index contributed by atoms with van der Waals surface area (Å²) in [7, 11) is 1.13. The number of methoxy groups -OCH3 is 1. The third-order valence-electron chi connectivity index (χ3n) is 2.70. The first-order valence-corrected chi connectivity index (χ1v) is 6.01. The minimum Gasteiger partial charge on any atom is -0.479 e. The molecule has 0 fully saturated rings. The topological polar surface area (TPSA) is 93.1 Å². The number of hydrogen-bond donors (Lipinski definition) is 2. The van der Waals surface area contributed by atoms with E-state index in [1.807, 2.05) is 0 Å². The molecule has 0 radical (unpaired) electrons. The zero-order valence-electron chi connectivity index (χ0n) is 11.4. The molecule has 0 saturated heterocycles. The SMILES string of the molecule is COC(=O)CCc1cccc(C(O)C(=O)O)c1OC(F)(F)F. The minimum absolute atomic E-state index is 0.0690. The lowest BCUT2D eigenvalue weighted by Crippen LogP contribution is -2.21. The van der Waals surface area contributed by atoms with E-state index < -0.39 is 35.7 Å². The summed E-state index contributed by atoms with van der Waals surface area (Å²) in [6.07, 6.45) is -7.65. The molecule has 0 aliphatic carbocycles. The van der Waals surface area contributed by atoms with Gasteiger partial charge in [-0.15, -0.1) is 13.2 Å². The number of aliphatic hydroxyl groups is 1. The van der Waals surface area contributed by atoms with Crippen LogP contribution in [0.1, 0.15) is 23.7 Å². The van der Waals surface area contributed by atoms with E-state index in [0.717, 1.165) is 13.2 Å². The van der Waals surface area contributed by atoms with Crippen LogP contribution in [-0.2, 0) is 20.7 Å². The van der Waals surface area contributed by atoms with Gasteiger partial charge >= 0.3 is 18.3 Å². The summed E-state index contributed by atoms with van der Waals surface area (Å²) in [5.74, 6) is -3.20. The van der Waals surface area contributed by atoms with Gasteiger partial charge in [0.2, 0.25) is 0 Å². The maximum atomic E-state index is 12.5. The predicted octanol–water partition coefficient (Wildman–Crippen LogP) is 1.81. The maximum Gasteiger partial charge on any atom is 0.573 e. The first kappa shape index (κ1) is 17.8. The lowest BCUT2D eigenvalue weighted by atomic mass is 10.0. The zero-order chi connectivity index (χ0) is 16.9. The Hall–Kier alpha value is -2.29. The molecule has 1 aromatic carbocycles. The van der Waals surface area contributed by atoms with Crippen molar-refractivity contribution >= 4 is 11.9 Å². The van der Waals surface area contributed by atoms with Crippen LogP contribution in [0.15, 0.2) is 18.2 Å². The Morgan fingerprint density at radius 3 is 2.45 bits per heavy atom. The monoisotopic (exact) mass is 322 g/mol. The number of carbonyl (C=O) groups excluding carboxylic acids is 1. The van der Waals surface area contributed by atoms with Crippen LogP contribution < -0.4 is 4.74 Å². The Balaban J connectivity index is 3.22. The van der Waals surface area contributed by atoms with Crippen LogP contribution in [-0.4, -0.2) is 35.6 Å². The molecule has 0 aliphatic heterocycles. The summed E-state index contributed by atoms with van der Waals surface area (Å²) >= 11 is 0.